The number of amides is 1. The Hall–Kier alpha value is -2.76. The Kier molecular flexibility index (Phi) is 3.58. The van der Waals surface area contributed by atoms with E-state index in [1.807, 2.05) is 0 Å². The Morgan fingerprint density at radius 1 is 1.32 bits per heavy atom. The molecule has 0 aliphatic carbocycles. The van der Waals surface area contributed by atoms with Crippen molar-refractivity contribution < 1.29 is 13.6 Å². The second kappa shape index (κ2) is 5.55. The van der Waals surface area contributed by atoms with Gasteiger partial charge in [0.2, 0.25) is 0 Å². The van der Waals surface area contributed by atoms with Crippen LogP contribution in [0.5, 0.6) is 0 Å². The van der Waals surface area contributed by atoms with E-state index in [1.54, 1.807) is 29.1 Å². The SMILES string of the molecule is CNC(=O)c1cn(Cc2ccc(F)cc2F)c2cccnc12. The Balaban J connectivity index is 2.09. The van der Waals surface area contributed by atoms with Gasteiger partial charge < -0.3 is 9.88 Å². The van der Waals surface area contributed by atoms with Crippen LogP contribution in [0.2, 0.25) is 0 Å². The summed E-state index contributed by atoms with van der Waals surface area (Å²) in [6, 6.07) is 7.00. The average molecular weight is 301 g/mol. The van der Waals surface area contributed by atoms with E-state index < -0.39 is 11.6 Å². The molecule has 0 aliphatic rings. The zero-order chi connectivity index (χ0) is 15.7. The third-order valence-electron chi connectivity index (χ3n) is 3.46. The molecule has 0 saturated carbocycles. The quantitative estimate of drug-likeness (QED) is 0.808. The topological polar surface area (TPSA) is 46.9 Å². The van der Waals surface area contributed by atoms with E-state index in [1.165, 1.54) is 19.2 Å². The van der Waals surface area contributed by atoms with Gasteiger partial charge in [-0.25, -0.2) is 8.78 Å². The standard InChI is InChI=1S/C16H13F2N3O/c1-19-16(22)12-9-21(14-3-2-6-20-15(12)14)8-10-4-5-11(17)7-13(10)18/h2-7,9H,8H2,1H3,(H,19,22). The number of aromatic nitrogens is 2. The van der Waals surface area contributed by atoms with Crippen LogP contribution < -0.4 is 5.32 Å². The van der Waals surface area contributed by atoms with Crippen molar-refractivity contribution in [1.29, 1.82) is 0 Å². The third kappa shape index (κ3) is 2.43. The second-order valence-electron chi connectivity index (χ2n) is 4.86. The predicted molar refractivity (Wildman–Crippen MR) is 78.6 cm³/mol. The van der Waals surface area contributed by atoms with Crippen molar-refractivity contribution in [3.63, 3.8) is 0 Å². The van der Waals surface area contributed by atoms with Crippen molar-refractivity contribution >= 4 is 16.9 Å². The van der Waals surface area contributed by atoms with Crippen LogP contribution >= 0.6 is 0 Å². The molecule has 0 saturated heterocycles. The number of halogens is 2. The minimum absolute atomic E-state index is 0.186. The summed E-state index contributed by atoms with van der Waals surface area (Å²) in [5.41, 5.74) is 2.01. The first-order valence-corrected chi connectivity index (χ1v) is 6.70. The highest BCUT2D eigenvalue weighted by molar-refractivity contribution is 6.05. The highest BCUT2D eigenvalue weighted by Crippen LogP contribution is 2.21. The van der Waals surface area contributed by atoms with Gasteiger partial charge in [0, 0.05) is 31.1 Å². The molecular formula is C16H13F2N3O. The van der Waals surface area contributed by atoms with Crippen LogP contribution in [-0.4, -0.2) is 22.5 Å². The van der Waals surface area contributed by atoms with Crippen LogP contribution in [0, 0.1) is 11.6 Å². The molecule has 0 unspecified atom stereocenters. The number of hydrogen-bond donors (Lipinski definition) is 1. The molecule has 4 nitrogen and oxygen atoms in total. The van der Waals surface area contributed by atoms with Gasteiger partial charge in [-0.2, -0.15) is 0 Å². The van der Waals surface area contributed by atoms with Gasteiger partial charge in [0.05, 0.1) is 17.6 Å². The number of carbonyl (C=O) groups excluding carboxylic acids is 1. The Labute approximate surface area is 125 Å². The predicted octanol–water partition coefficient (Wildman–Crippen LogP) is 2.72. The van der Waals surface area contributed by atoms with Gasteiger partial charge in [-0.1, -0.05) is 6.07 Å². The maximum atomic E-state index is 13.8. The van der Waals surface area contributed by atoms with E-state index in [4.69, 9.17) is 0 Å². The van der Waals surface area contributed by atoms with Crippen molar-refractivity contribution in [2.75, 3.05) is 7.05 Å². The van der Waals surface area contributed by atoms with Gasteiger partial charge in [-0.3, -0.25) is 9.78 Å². The number of pyridine rings is 1. The molecule has 2 aromatic heterocycles. The van der Waals surface area contributed by atoms with Crippen molar-refractivity contribution in [2.24, 2.45) is 0 Å². The van der Waals surface area contributed by atoms with Crippen molar-refractivity contribution in [3.05, 3.63) is 65.5 Å². The molecule has 0 bridgehead atoms. The lowest BCUT2D eigenvalue weighted by molar-refractivity contribution is 0.0964. The van der Waals surface area contributed by atoms with E-state index in [0.29, 0.717) is 22.2 Å². The molecule has 0 radical (unpaired) electrons. The number of rotatable bonds is 3. The zero-order valence-electron chi connectivity index (χ0n) is 11.8. The van der Waals surface area contributed by atoms with E-state index in [0.717, 1.165) is 6.07 Å². The van der Waals surface area contributed by atoms with Crippen LogP contribution in [-0.2, 0) is 6.54 Å². The number of carbonyl (C=O) groups is 1. The lowest BCUT2D eigenvalue weighted by atomic mass is 10.2. The molecule has 6 heteroatoms. The van der Waals surface area contributed by atoms with Crippen LogP contribution in [0.3, 0.4) is 0 Å². The molecule has 3 aromatic rings. The lowest BCUT2D eigenvalue weighted by Crippen LogP contribution is -2.17. The van der Waals surface area contributed by atoms with Crippen LogP contribution in [0.15, 0.2) is 42.7 Å². The highest BCUT2D eigenvalue weighted by atomic mass is 19.1. The molecule has 1 N–H and O–H groups in total. The minimum Gasteiger partial charge on any atom is -0.355 e. The molecule has 0 atom stereocenters. The number of nitrogens with one attached hydrogen (secondary N) is 1. The summed E-state index contributed by atoms with van der Waals surface area (Å²) >= 11 is 0. The van der Waals surface area contributed by atoms with Crippen LogP contribution in [0.25, 0.3) is 11.0 Å². The average Bonchev–Trinajstić information content (AvgIpc) is 2.88. The van der Waals surface area contributed by atoms with Crippen molar-refractivity contribution in [3.8, 4) is 0 Å². The molecule has 22 heavy (non-hydrogen) atoms. The fraction of sp³-hybridized carbons (Fsp3) is 0.125. The lowest BCUT2D eigenvalue weighted by Gasteiger charge is -2.06. The molecule has 2 heterocycles. The molecule has 3 rings (SSSR count). The largest absolute Gasteiger partial charge is 0.355 e. The van der Waals surface area contributed by atoms with Crippen molar-refractivity contribution in [2.45, 2.75) is 6.54 Å². The Morgan fingerprint density at radius 3 is 2.86 bits per heavy atom. The minimum atomic E-state index is -0.619. The van der Waals surface area contributed by atoms with Gasteiger partial charge in [0.25, 0.3) is 5.91 Å². The Bertz CT molecular complexity index is 858. The molecular weight excluding hydrogens is 288 g/mol. The highest BCUT2D eigenvalue weighted by Gasteiger charge is 2.16. The van der Waals surface area contributed by atoms with E-state index in [2.05, 4.69) is 10.3 Å². The second-order valence-corrected chi connectivity index (χ2v) is 4.86. The van der Waals surface area contributed by atoms with E-state index in [-0.39, 0.29) is 12.5 Å². The third-order valence-corrected chi connectivity index (χ3v) is 3.46. The van der Waals surface area contributed by atoms with Crippen molar-refractivity contribution in [1.82, 2.24) is 14.9 Å². The fourth-order valence-electron chi connectivity index (χ4n) is 2.39. The zero-order valence-corrected chi connectivity index (χ0v) is 11.8. The molecule has 1 amide bonds. The molecule has 112 valence electrons. The normalized spacial score (nSPS) is 10.9. The first-order valence-electron chi connectivity index (χ1n) is 6.70. The monoisotopic (exact) mass is 301 g/mol. The summed E-state index contributed by atoms with van der Waals surface area (Å²) in [6.07, 6.45) is 3.22. The van der Waals surface area contributed by atoms with Gasteiger partial charge in [-0.15, -0.1) is 0 Å². The summed E-state index contributed by atoms with van der Waals surface area (Å²) in [6.45, 7) is 0.186. The maximum absolute atomic E-state index is 13.8. The Morgan fingerprint density at radius 2 is 2.14 bits per heavy atom. The number of benzene rings is 1. The van der Waals surface area contributed by atoms with Gasteiger partial charge in [0.1, 0.15) is 17.2 Å². The maximum Gasteiger partial charge on any atom is 0.254 e. The van der Waals surface area contributed by atoms with Gasteiger partial charge >= 0.3 is 0 Å². The fourth-order valence-corrected chi connectivity index (χ4v) is 2.39. The van der Waals surface area contributed by atoms with Gasteiger partial charge in [-0.05, 0) is 18.2 Å². The van der Waals surface area contributed by atoms with Gasteiger partial charge in [0.15, 0.2) is 0 Å². The van der Waals surface area contributed by atoms with E-state index in [9.17, 15) is 13.6 Å². The first-order chi connectivity index (χ1) is 10.6. The molecule has 0 spiro atoms. The smallest absolute Gasteiger partial charge is 0.254 e. The number of nitrogens with zero attached hydrogens (tertiary/aromatic N) is 2. The molecule has 0 aliphatic heterocycles. The first kappa shape index (κ1) is 14.2. The number of hydrogen-bond acceptors (Lipinski definition) is 2. The summed E-state index contributed by atoms with van der Waals surface area (Å²) in [7, 11) is 1.54. The summed E-state index contributed by atoms with van der Waals surface area (Å²) in [5, 5.41) is 2.55. The summed E-state index contributed by atoms with van der Waals surface area (Å²) < 4.78 is 28.5. The van der Waals surface area contributed by atoms with Crippen LogP contribution in [0.4, 0.5) is 8.78 Å². The molecule has 0 fully saturated rings. The van der Waals surface area contributed by atoms with Crippen LogP contribution in [0.1, 0.15) is 15.9 Å². The summed E-state index contributed by atoms with van der Waals surface area (Å²) in [5.74, 6) is -1.50. The summed E-state index contributed by atoms with van der Waals surface area (Å²) in [4.78, 5) is 16.1. The van der Waals surface area contributed by atoms with E-state index >= 15 is 0 Å². The number of fused-ring (bicyclic) bond motifs is 1. The molecule has 1 aromatic carbocycles.